The van der Waals surface area contributed by atoms with Crippen LogP contribution in [0.2, 0.25) is 0 Å². The highest BCUT2D eigenvalue weighted by Crippen LogP contribution is 2.14. The molecule has 1 aliphatic heterocycles. The Morgan fingerprint density at radius 2 is 2.41 bits per heavy atom. The number of carbonyl (C=O) groups excluding carboxylic acids is 2. The molecule has 0 radical (unpaired) electrons. The number of hydrogen-bond acceptors (Lipinski definition) is 5. The molecule has 1 saturated heterocycles. The van der Waals surface area contributed by atoms with E-state index in [0.717, 1.165) is 10.6 Å². The maximum Gasteiger partial charge on any atom is 0.258 e. The van der Waals surface area contributed by atoms with Crippen LogP contribution in [0.15, 0.2) is 16.9 Å². The molecule has 1 heterocycles. The van der Waals surface area contributed by atoms with Gasteiger partial charge in [0.1, 0.15) is 6.10 Å². The second-order valence-corrected chi connectivity index (χ2v) is 3.77. The molecule has 94 valence electrons. The first-order valence-corrected chi connectivity index (χ1v) is 5.45. The summed E-state index contributed by atoms with van der Waals surface area (Å²) in [6.07, 6.45) is 1.39. The van der Waals surface area contributed by atoms with Crippen molar-refractivity contribution >= 4 is 18.5 Å². The number of rotatable bonds is 5. The normalized spacial score (nSPS) is 21.6. The molecular weight excluding hydrogens is 222 g/mol. The summed E-state index contributed by atoms with van der Waals surface area (Å²) in [7, 11) is 1.73. The fraction of sp³-hybridized carbons (Fsp3) is 0.545. The molecule has 0 aromatic rings. The quantitative estimate of drug-likeness (QED) is 0.507. The molecule has 1 rings (SSSR count). The molecule has 6 nitrogen and oxygen atoms in total. The molecule has 1 fully saturated rings. The third-order valence-electron chi connectivity index (χ3n) is 2.66. The van der Waals surface area contributed by atoms with Crippen LogP contribution in [-0.4, -0.2) is 48.2 Å². The van der Waals surface area contributed by atoms with Gasteiger partial charge in [-0.3, -0.25) is 19.5 Å². The van der Waals surface area contributed by atoms with Gasteiger partial charge in [0.2, 0.25) is 5.91 Å². The number of piperidine rings is 1. The first-order valence-electron chi connectivity index (χ1n) is 5.45. The zero-order chi connectivity index (χ0) is 12.8. The summed E-state index contributed by atoms with van der Waals surface area (Å²) < 4.78 is 0. The molecule has 0 saturated carbocycles. The summed E-state index contributed by atoms with van der Waals surface area (Å²) >= 11 is 0. The molecule has 1 atom stereocenters. The largest absolute Gasteiger partial charge is 0.390 e. The van der Waals surface area contributed by atoms with E-state index in [1.165, 1.54) is 6.20 Å². The van der Waals surface area contributed by atoms with Crippen molar-refractivity contribution in [3.05, 3.63) is 11.9 Å². The number of nitrogens with one attached hydrogen (secondary N) is 1. The number of imide groups is 1. The summed E-state index contributed by atoms with van der Waals surface area (Å²) in [5.41, 5.74) is 0.778. The van der Waals surface area contributed by atoms with Crippen LogP contribution in [0.25, 0.3) is 0 Å². The van der Waals surface area contributed by atoms with Crippen molar-refractivity contribution in [2.24, 2.45) is 4.99 Å². The van der Waals surface area contributed by atoms with Gasteiger partial charge in [0.15, 0.2) is 0 Å². The van der Waals surface area contributed by atoms with Crippen LogP contribution < -0.4 is 5.32 Å². The molecule has 0 aliphatic carbocycles. The summed E-state index contributed by atoms with van der Waals surface area (Å²) in [5.74, 6) is -0.745. The standard InChI is InChI=1S/C11H17N3O3/c1-12-7-8(13-2)5-6-14-10(16)4-3-9(15)11(14)17/h7,9,13,15H,1,3-6H2,2H3/b8-7-. The second-order valence-electron chi connectivity index (χ2n) is 3.77. The van der Waals surface area contributed by atoms with Crippen molar-refractivity contribution in [2.45, 2.75) is 25.4 Å². The highest BCUT2D eigenvalue weighted by Gasteiger charge is 2.32. The van der Waals surface area contributed by atoms with Crippen LogP contribution in [-0.2, 0) is 9.59 Å². The van der Waals surface area contributed by atoms with Gasteiger partial charge in [-0.15, -0.1) is 0 Å². The maximum atomic E-state index is 11.6. The van der Waals surface area contributed by atoms with Crippen molar-refractivity contribution < 1.29 is 14.7 Å². The SMILES string of the molecule is C=N/C=C(/CCN1C(=O)CCC(O)C1=O)NC. The van der Waals surface area contributed by atoms with Gasteiger partial charge in [-0.1, -0.05) is 0 Å². The van der Waals surface area contributed by atoms with Crippen molar-refractivity contribution in [3.8, 4) is 0 Å². The van der Waals surface area contributed by atoms with Gasteiger partial charge in [0.05, 0.1) is 0 Å². The molecule has 17 heavy (non-hydrogen) atoms. The van der Waals surface area contributed by atoms with Crippen LogP contribution in [0, 0.1) is 0 Å². The lowest BCUT2D eigenvalue weighted by molar-refractivity contribution is -0.155. The van der Waals surface area contributed by atoms with Crippen molar-refractivity contribution in [1.82, 2.24) is 10.2 Å². The Hall–Kier alpha value is -1.69. The van der Waals surface area contributed by atoms with Gasteiger partial charge in [-0.25, -0.2) is 0 Å². The van der Waals surface area contributed by atoms with Gasteiger partial charge in [-0.2, -0.15) is 0 Å². The minimum absolute atomic E-state index is 0.214. The van der Waals surface area contributed by atoms with Crippen molar-refractivity contribution in [3.63, 3.8) is 0 Å². The van der Waals surface area contributed by atoms with Crippen molar-refractivity contribution in [2.75, 3.05) is 13.6 Å². The fourth-order valence-electron chi connectivity index (χ4n) is 1.65. The predicted octanol–water partition coefficient (Wildman–Crippen LogP) is -0.352. The highest BCUT2D eigenvalue weighted by molar-refractivity contribution is 5.99. The number of carbonyl (C=O) groups is 2. The maximum absolute atomic E-state index is 11.6. The summed E-state index contributed by atoms with van der Waals surface area (Å²) in [4.78, 5) is 27.8. The van der Waals surface area contributed by atoms with Crippen molar-refractivity contribution in [1.29, 1.82) is 0 Å². The Balaban J connectivity index is 2.60. The van der Waals surface area contributed by atoms with Gasteiger partial charge in [-0.05, 0) is 13.1 Å². The number of hydrogen-bond donors (Lipinski definition) is 2. The lowest BCUT2D eigenvalue weighted by Crippen LogP contribution is -2.48. The topological polar surface area (TPSA) is 82.0 Å². The smallest absolute Gasteiger partial charge is 0.258 e. The summed E-state index contributed by atoms with van der Waals surface area (Å²) in [5, 5.41) is 12.3. The van der Waals surface area contributed by atoms with E-state index in [0.29, 0.717) is 6.42 Å². The minimum Gasteiger partial charge on any atom is -0.390 e. The Morgan fingerprint density at radius 3 is 3.00 bits per heavy atom. The molecule has 0 bridgehead atoms. The molecular formula is C11H17N3O3. The van der Waals surface area contributed by atoms with Gasteiger partial charge in [0.25, 0.3) is 5.91 Å². The average molecular weight is 239 g/mol. The molecule has 2 amide bonds. The summed E-state index contributed by atoms with van der Waals surface area (Å²) in [6, 6.07) is 0. The highest BCUT2D eigenvalue weighted by atomic mass is 16.3. The van der Waals surface area contributed by atoms with E-state index in [1.54, 1.807) is 7.05 Å². The molecule has 2 N–H and O–H groups in total. The van der Waals surface area contributed by atoms with Gasteiger partial charge in [0, 0.05) is 38.3 Å². The molecule has 0 aromatic heterocycles. The molecule has 6 heteroatoms. The van der Waals surface area contributed by atoms with Crippen LogP contribution in [0.4, 0.5) is 0 Å². The zero-order valence-electron chi connectivity index (χ0n) is 9.85. The Kier molecular flexibility index (Phi) is 4.84. The van der Waals surface area contributed by atoms with E-state index in [2.05, 4.69) is 17.0 Å². The van der Waals surface area contributed by atoms with Crippen LogP contribution in [0.3, 0.4) is 0 Å². The molecule has 0 aromatic carbocycles. The average Bonchev–Trinajstić information content (AvgIpc) is 2.32. The molecule has 1 unspecified atom stereocenters. The first kappa shape index (κ1) is 13.4. The Morgan fingerprint density at radius 1 is 1.71 bits per heavy atom. The number of aliphatic hydroxyl groups excluding tert-OH is 1. The lowest BCUT2D eigenvalue weighted by Gasteiger charge is -2.28. The molecule has 0 spiro atoms. The van der Waals surface area contributed by atoms with E-state index >= 15 is 0 Å². The monoisotopic (exact) mass is 239 g/mol. The van der Waals surface area contributed by atoms with E-state index < -0.39 is 12.0 Å². The Bertz CT molecular complexity index is 352. The van der Waals surface area contributed by atoms with E-state index in [9.17, 15) is 14.7 Å². The zero-order valence-corrected chi connectivity index (χ0v) is 9.85. The van der Waals surface area contributed by atoms with E-state index in [1.807, 2.05) is 0 Å². The summed E-state index contributed by atoms with van der Waals surface area (Å²) in [6.45, 7) is 3.58. The number of aliphatic imine (C=N–C) groups is 1. The second kappa shape index (κ2) is 6.15. The Labute approximate surface area is 100 Å². The van der Waals surface area contributed by atoms with E-state index in [-0.39, 0.29) is 25.3 Å². The van der Waals surface area contributed by atoms with Crippen LogP contribution >= 0.6 is 0 Å². The van der Waals surface area contributed by atoms with Crippen LogP contribution in [0.1, 0.15) is 19.3 Å². The first-order chi connectivity index (χ1) is 8.10. The minimum atomic E-state index is -1.05. The van der Waals surface area contributed by atoms with Gasteiger partial charge >= 0.3 is 0 Å². The number of likely N-dealkylation sites (tertiary alicyclic amines) is 1. The number of nitrogens with zero attached hydrogens (tertiary/aromatic N) is 2. The predicted molar refractivity (Wildman–Crippen MR) is 63.3 cm³/mol. The number of aliphatic hydroxyl groups is 1. The van der Waals surface area contributed by atoms with E-state index in [4.69, 9.17) is 0 Å². The molecule has 1 aliphatic rings. The third kappa shape index (κ3) is 3.39. The fourth-order valence-corrected chi connectivity index (χ4v) is 1.65. The number of amides is 2. The lowest BCUT2D eigenvalue weighted by atomic mass is 10.1. The third-order valence-corrected chi connectivity index (χ3v) is 2.66. The van der Waals surface area contributed by atoms with Crippen LogP contribution in [0.5, 0.6) is 0 Å². The van der Waals surface area contributed by atoms with Gasteiger partial charge < -0.3 is 10.4 Å².